The lowest BCUT2D eigenvalue weighted by atomic mass is 10.1. The van der Waals surface area contributed by atoms with Crippen LogP contribution in [0, 0.1) is 21.5 Å². The van der Waals surface area contributed by atoms with Crippen LogP contribution in [0.3, 0.4) is 0 Å². The molecule has 0 aliphatic carbocycles. The maximum Gasteiger partial charge on any atom is 0.109 e. The lowest BCUT2D eigenvalue weighted by molar-refractivity contribution is 0.415. The average Bonchev–Trinajstić information content (AvgIpc) is 2.03. The third-order valence-corrected chi connectivity index (χ3v) is 1.82. The molecule has 0 aliphatic rings. The standard InChI is InChI=1S/C8H5INO/c9-8-2-6(4-10)1-7(3-8)5-11/h1-3,5,11H. The quantitative estimate of drug-likeness (QED) is 0.783. The van der Waals surface area contributed by atoms with E-state index < -0.39 is 0 Å². The number of rotatable bonds is 1. The highest BCUT2D eigenvalue weighted by Crippen LogP contribution is 2.12. The third kappa shape index (κ3) is 2.17. The molecular formula is C8H5INO. The number of aliphatic hydroxyl groups excluding tert-OH is 1. The molecule has 3 heteroatoms. The van der Waals surface area contributed by atoms with Crippen LogP contribution >= 0.6 is 22.6 Å². The Labute approximate surface area is 78.6 Å². The van der Waals surface area contributed by atoms with Crippen LogP contribution in [0.5, 0.6) is 0 Å². The molecule has 0 bridgehead atoms. The van der Waals surface area contributed by atoms with Crippen molar-refractivity contribution < 1.29 is 5.11 Å². The minimum Gasteiger partial charge on any atom is -0.385 e. The fraction of sp³-hybridized carbons (Fsp3) is 0. The summed E-state index contributed by atoms with van der Waals surface area (Å²) < 4.78 is 0.946. The van der Waals surface area contributed by atoms with Gasteiger partial charge < -0.3 is 5.11 Å². The summed E-state index contributed by atoms with van der Waals surface area (Å²) in [4.78, 5) is 0. The maximum absolute atomic E-state index is 8.64. The van der Waals surface area contributed by atoms with Gasteiger partial charge in [0.15, 0.2) is 0 Å². The lowest BCUT2D eigenvalue weighted by Gasteiger charge is -1.96. The molecule has 1 N–H and O–H groups in total. The zero-order valence-electron chi connectivity index (χ0n) is 5.58. The molecule has 1 rings (SSSR count). The van der Waals surface area contributed by atoms with Crippen molar-refractivity contribution in [1.82, 2.24) is 0 Å². The SMILES string of the molecule is N#Cc1cc(I)cc([CH]O)c1. The molecule has 55 valence electrons. The molecule has 0 heterocycles. The molecule has 0 saturated carbocycles. The van der Waals surface area contributed by atoms with Crippen molar-refractivity contribution in [2.45, 2.75) is 0 Å². The third-order valence-electron chi connectivity index (χ3n) is 1.20. The summed E-state index contributed by atoms with van der Waals surface area (Å²) in [6.07, 6.45) is 0. The van der Waals surface area contributed by atoms with Crippen LogP contribution in [-0.4, -0.2) is 5.11 Å². The first-order chi connectivity index (χ1) is 5.26. The van der Waals surface area contributed by atoms with Crippen molar-refractivity contribution in [2.75, 3.05) is 0 Å². The molecule has 0 unspecified atom stereocenters. The predicted octanol–water partition coefficient (Wildman–Crippen LogP) is 2.05. The summed E-state index contributed by atoms with van der Waals surface area (Å²) in [6, 6.07) is 7.18. The Bertz CT molecular complexity index is 303. The monoisotopic (exact) mass is 258 g/mol. The molecule has 0 aliphatic heterocycles. The van der Waals surface area contributed by atoms with Gasteiger partial charge in [0.05, 0.1) is 11.6 Å². The van der Waals surface area contributed by atoms with Gasteiger partial charge in [-0.25, -0.2) is 0 Å². The van der Waals surface area contributed by atoms with E-state index >= 15 is 0 Å². The normalized spacial score (nSPS) is 9.18. The minimum absolute atomic E-state index is 0.567. The zero-order chi connectivity index (χ0) is 8.27. The van der Waals surface area contributed by atoms with Gasteiger partial charge in [0.25, 0.3) is 0 Å². The van der Waals surface area contributed by atoms with Crippen molar-refractivity contribution in [1.29, 1.82) is 5.26 Å². The number of nitriles is 1. The Balaban J connectivity index is 3.15. The van der Waals surface area contributed by atoms with Crippen LogP contribution in [0.1, 0.15) is 11.1 Å². The predicted molar refractivity (Wildman–Crippen MR) is 49.2 cm³/mol. The van der Waals surface area contributed by atoms with Crippen LogP contribution in [0.4, 0.5) is 0 Å². The van der Waals surface area contributed by atoms with Gasteiger partial charge in [-0.3, -0.25) is 0 Å². The van der Waals surface area contributed by atoms with E-state index in [9.17, 15) is 0 Å². The Morgan fingerprint density at radius 2 is 2.18 bits per heavy atom. The van der Waals surface area contributed by atoms with Crippen LogP contribution in [0.25, 0.3) is 0 Å². The second-order valence-electron chi connectivity index (χ2n) is 2.01. The number of benzene rings is 1. The first-order valence-corrected chi connectivity index (χ1v) is 4.02. The van der Waals surface area contributed by atoms with Crippen LogP contribution in [0.15, 0.2) is 18.2 Å². The van der Waals surface area contributed by atoms with Crippen molar-refractivity contribution in [3.63, 3.8) is 0 Å². The lowest BCUT2D eigenvalue weighted by Crippen LogP contribution is -1.84. The van der Waals surface area contributed by atoms with E-state index in [1.807, 2.05) is 6.07 Å². The Kier molecular flexibility index (Phi) is 2.85. The summed E-state index contributed by atoms with van der Waals surface area (Å²) in [7, 11) is 0. The van der Waals surface area contributed by atoms with E-state index in [1.165, 1.54) is 0 Å². The number of aliphatic hydroxyl groups is 1. The molecule has 0 aromatic heterocycles. The maximum atomic E-state index is 8.64. The Morgan fingerprint density at radius 1 is 1.45 bits per heavy atom. The second kappa shape index (κ2) is 3.69. The fourth-order valence-corrected chi connectivity index (χ4v) is 1.45. The van der Waals surface area contributed by atoms with E-state index in [1.54, 1.807) is 18.2 Å². The van der Waals surface area contributed by atoms with Gasteiger partial charge >= 0.3 is 0 Å². The van der Waals surface area contributed by atoms with Gasteiger partial charge in [-0.15, -0.1) is 0 Å². The first-order valence-electron chi connectivity index (χ1n) is 2.94. The molecule has 11 heavy (non-hydrogen) atoms. The highest BCUT2D eigenvalue weighted by atomic mass is 127. The molecule has 0 saturated heterocycles. The van der Waals surface area contributed by atoms with Gasteiger partial charge in [-0.05, 0) is 46.4 Å². The van der Waals surface area contributed by atoms with Gasteiger partial charge in [0.2, 0.25) is 0 Å². The van der Waals surface area contributed by atoms with Crippen molar-refractivity contribution in [3.8, 4) is 6.07 Å². The molecule has 0 spiro atoms. The number of hydrogen-bond donors (Lipinski definition) is 1. The summed E-state index contributed by atoms with van der Waals surface area (Å²) in [5, 5.41) is 17.2. The zero-order valence-corrected chi connectivity index (χ0v) is 7.74. The number of hydrogen-bond acceptors (Lipinski definition) is 2. The molecule has 0 amide bonds. The smallest absolute Gasteiger partial charge is 0.109 e. The van der Waals surface area contributed by atoms with Crippen LogP contribution < -0.4 is 0 Å². The van der Waals surface area contributed by atoms with Gasteiger partial charge in [0, 0.05) is 3.57 Å². The molecule has 0 fully saturated rings. The largest absolute Gasteiger partial charge is 0.385 e. The fourth-order valence-electron chi connectivity index (χ4n) is 0.751. The number of halogens is 1. The molecular weight excluding hydrogens is 253 g/mol. The van der Waals surface area contributed by atoms with Crippen molar-refractivity contribution in [2.24, 2.45) is 0 Å². The summed E-state index contributed by atoms with van der Waals surface area (Å²) in [6.45, 7) is 0.989. The molecule has 2 nitrogen and oxygen atoms in total. The van der Waals surface area contributed by atoms with Crippen LogP contribution in [0.2, 0.25) is 0 Å². The van der Waals surface area contributed by atoms with Gasteiger partial charge in [-0.1, -0.05) is 0 Å². The average molecular weight is 258 g/mol. The summed E-state index contributed by atoms with van der Waals surface area (Å²) in [5.41, 5.74) is 1.23. The van der Waals surface area contributed by atoms with E-state index in [0.717, 1.165) is 10.2 Å². The number of nitrogens with zero attached hydrogens (tertiary/aromatic N) is 1. The van der Waals surface area contributed by atoms with Crippen molar-refractivity contribution in [3.05, 3.63) is 39.5 Å². The van der Waals surface area contributed by atoms with E-state index in [-0.39, 0.29) is 0 Å². The van der Waals surface area contributed by atoms with Crippen LogP contribution in [-0.2, 0) is 0 Å². The Hall–Kier alpha value is -0.600. The van der Waals surface area contributed by atoms with Crippen molar-refractivity contribution >= 4 is 22.6 Å². The summed E-state index contributed by atoms with van der Waals surface area (Å²) in [5.74, 6) is 0. The van der Waals surface area contributed by atoms with Gasteiger partial charge in [-0.2, -0.15) is 5.26 Å². The van der Waals surface area contributed by atoms with E-state index in [2.05, 4.69) is 22.6 Å². The van der Waals surface area contributed by atoms with E-state index in [4.69, 9.17) is 10.4 Å². The topological polar surface area (TPSA) is 44.0 Å². The first kappa shape index (κ1) is 8.50. The second-order valence-corrected chi connectivity index (χ2v) is 3.26. The summed E-state index contributed by atoms with van der Waals surface area (Å²) >= 11 is 2.10. The highest BCUT2D eigenvalue weighted by Gasteiger charge is 1.96. The molecule has 0 atom stereocenters. The Morgan fingerprint density at radius 3 is 2.73 bits per heavy atom. The van der Waals surface area contributed by atoms with Gasteiger partial charge in [0.1, 0.15) is 6.61 Å². The van der Waals surface area contributed by atoms with E-state index in [0.29, 0.717) is 11.1 Å². The highest BCUT2D eigenvalue weighted by molar-refractivity contribution is 14.1. The molecule has 1 radical (unpaired) electrons. The molecule has 1 aromatic carbocycles. The molecule has 1 aromatic rings. The minimum atomic E-state index is 0.567.